The number of benzene rings is 1. The molecule has 1 aromatic heterocycles. The van der Waals surface area contributed by atoms with E-state index in [1.165, 1.54) is 0 Å². The zero-order valence-electron chi connectivity index (χ0n) is 9.84. The fraction of sp³-hybridized carbons (Fsp3) is 0.308. The van der Waals surface area contributed by atoms with Gasteiger partial charge in [0.15, 0.2) is 0 Å². The minimum atomic E-state index is -0.215. The molecule has 0 unspecified atom stereocenters. The van der Waals surface area contributed by atoms with Crippen LogP contribution in [0, 0.1) is 6.92 Å². The molecule has 1 N–H and O–H groups in total. The Morgan fingerprint density at radius 3 is 2.94 bits per heavy atom. The highest BCUT2D eigenvalue weighted by Gasteiger charge is 2.12. The van der Waals surface area contributed by atoms with Crippen LogP contribution in [0.4, 0.5) is 0 Å². The zero-order chi connectivity index (χ0) is 12.4. The Balaban J connectivity index is 2.35. The van der Waals surface area contributed by atoms with Gasteiger partial charge < -0.3 is 9.72 Å². The maximum atomic E-state index is 11.4. The van der Waals surface area contributed by atoms with Crippen LogP contribution in [-0.4, -0.2) is 17.6 Å². The average molecular weight is 252 g/mol. The molecule has 1 aromatic carbocycles. The summed E-state index contributed by atoms with van der Waals surface area (Å²) >= 11 is 5.95. The lowest BCUT2D eigenvalue weighted by atomic mass is 10.1. The molecule has 3 nitrogen and oxygen atoms in total. The van der Waals surface area contributed by atoms with E-state index in [4.69, 9.17) is 16.3 Å². The van der Waals surface area contributed by atoms with E-state index in [9.17, 15) is 4.79 Å². The maximum absolute atomic E-state index is 11.4. The second-order valence-corrected chi connectivity index (χ2v) is 4.34. The third kappa shape index (κ3) is 2.44. The molecular formula is C13H14ClNO2. The highest BCUT2D eigenvalue weighted by molar-refractivity contribution is 6.31. The molecule has 0 radical (unpaired) electrons. The van der Waals surface area contributed by atoms with Crippen molar-refractivity contribution in [1.29, 1.82) is 0 Å². The molecule has 0 bridgehead atoms. The van der Waals surface area contributed by atoms with Crippen molar-refractivity contribution < 1.29 is 9.53 Å². The zero-order valence-corrected chi connectivity index (χ0v) is 10.6. The summed E-state index contributed by atoms with van der Waals surface area (Å²) in [5.74, 6) is -0.215. The monoisotopic (exact) mass is 251 g/mol. The topological polar surface area (TPSA) is 42.1 Å². The van der Waals surface area contributed by atoms with Crippen molar-refractivity contribution in [3.05, 3.63) is 34.5 Å². The maximum Gasteiger partial charge on any atom is 0.311 e. The Bertz CT molecular complexity index is 560. The van der Waals surface area contributed by atoms with Crippen LogP contribution >= 0.6 is 11.6 Å². The van der Waals surface area contributed by atoms with Crippen molar-refractivity contribution in [2.45, 2.75) is 20.3 Å². The van der Waals surface area contributed by atoms with Crippen LogP contribution in [0.5, 0.6) is 0 Å². The van der Waals surface area contributed by atoms with Gasteiger partial charge in [0.2, 0.25) is 0 Å². The minimum absolute atomic E-state index is 0.215. The number of rotatable bonds is 3. The van der Waals surface area contributed by atoms with Crippen molar-refractivity contribution in [1.82, 2.24) is 4.98 Å². The number of H-pyrrole nitrogens is 1. The predicted molar refractivity (Wildman–Crippen MR) is 68.4 cm³/mol. The van der Waals surface area contributed by atoms with Crippen LogP contribution in [0.15, 0.2) is 18.2 Å². The van der Waals surface area contributed by atoms with E-state index in [2.05, 4.69) is 4.98 Å². The number of aromatic amines is 1. The Morgan fingerprint density at radius 2 is 2.24 bits per heavy atom. The lowest BCUT2D eigenvalue weighted by Gasteiger charge is -2.00. The summed E-state index contributed by atoms with van der Waals surface area (Å²) in [6.07, 6.45) is 0.270. The smallest absolute Gasteiger partial charge is 0.311 e. The van der Waals surface area contributed by atoms with E-state index in [1.54, 1.807) is 6.92 Å². The molecule has 90 valence electrons. The fourth-order valence-electron chi connectivity index (χ4n) is 1.89. The van der Waals surface area contributed by atoms with E-state index in [0.29, 0.717) is 11.6 Å². The molecule has 1 heterocycles. The predicted octanol–water partition coefficient (Wildman–Crippen LogP) is 3.24. The van der Waals surface area contributed by atoms with Gasteiger partial charge in [0.05, 0.1) is 13.0 Å². The first kappa shape index (κ1) is 12.0. The highest BCUT2D eigenvalue weighted by Crippen LogP contribution is 2.25. The van der Waals surface area contributed by atoms with Crippen molar-refractivity contribution >= 4 is 28.5 Å². The molecule has 0 atom stereocenters. The largest absolute Gasteiger partial charge is 0.466 e. The fourth-order valence-corrected chi connectivity index (χ4v) is 2.06. The summed E-state index contributed by atoms with van der Waals surface area (Å²) < 4.78 is 4.94. The summed E-state index contributed by atoms with van der Waals surface area (Å²) in [6.45, 7) is 4.18. The van der Waals surface area contributed by atoms with Gasteiger partial charge in [-0.2, -0.15) is 0 Å². The van der Waals surface area contributed by atoms with Gasteiger partial charge in [-0.15, -0.1) is 0 Å². The van der Waals surface area contributed by atoms with Crippen molar-refractivity contribution in [3.8, 4) is 0 Å². The van der Waals surface area contributed by atoms with E-state index in [0.717, 1.165) is 22.2 Å². The van der Waals surface area contributed by atoms with Crippen LogP contribution < -0.4 is 0 Å². The molecule has 0 saturated heterocycles. The van der Waals surface area contributed by atoms with Gasteiger partial charge in [-0.3, -0.25) is 4.79 Å². The van der Waals surface area contributed by atoms with E-state index < -0.39 is 0 Å². The van der Waals surface area contributed by atoms with Crippen LogP contribution in [0.3, 0.4) is 0 Å². The second kappa shape index (κ2) is 4.80. The molecular weight excluding hydrogens is 238 g/mol. The number of ether oxygens (including phenoxy) is 1. The van der Waals surface area contributed by atoms with Crippen LogP contribution in [0.1, 0.15) is 18.2 Å². The second-order valence-electron chi connectivity index (χ2n) is 3.90. The number of hydrogen-bond donors (Lipinski definition) is 1. The molecule has 2 rings (SSSR count). The number of carbonyl (C=O) groups is 1. The lowest BCUT2D eigenvalue weighted by molar-refractivity contribution is -0.142. The van der Waals surface area contributed by atoms with Gasteiger partial charge in [-0.05, 0) is 37.6 Å². The molecule has 0 spiro atoms. The first-order valence-electron chi connectivity index (χ1n) is 5.54. The van der Waals surface area contributed by atoms with Gasteiger partial charge >= 0.3 is 5.97 Å². The molecule has 17 heavy (non-hydrogen) atoms. The summed E-state index contributed by atoms with van der Waals surface area (Å²) in [5, 5.41) is 1.75. The first-order valence-corrected chi connectivity index (χ1v) is 5.92. The highest BCUT2D eigenvalue weighted by atomic mass is 35.5. The molecule has 0 aliphatic rings. The number of halogens is 1. The van der Waals surface area contributed by atoms with Gasteiger partial charge in [0.1, 0.15) is 0 Å². The molecule has 0 aliphatic heterocycles. The van der Waals surface area contributed by atoms with Gasteiger partial charge in [0, 0.05) is 21.6 Å². The Hall–Kier alpha value is -1.48. The Morgan fingerprint density at radius 1 is 1.47 bits per heavy atom. The standard InChI is InChI=1S/C13H14ClNO2/c1-3-17-13(16)7-12-8(2)10-6-9(14)4-5-11(10)15-12/h4-6,15H,3,7H2,1-2H3. The van der Waals surface area contributed by atoms with Gasteiger partial charge in [-0.1, -0.05) is 11.6 Å². The summed E-state index contributed by atoms with van der Waals surface area (Å²) in [5.41, 5.74) is 2.93. The number of nitrogens with one attached hydrogen (secondary N) is 1. The van der Waals surface area contributed by atoms with Gasteiger partial charge in [0.25, 0.3) is 0 Å². The summed E-state index contributed by atoms with van der Waals surface area (Å²) in [6, 6.07) is 5.64. The van der Waals surface area contributed by atoms with Crippen LogP contribution in [0.2, 0.25) is 5.02 Å². The molecule has 4 heteroatoms. The molecule has 0 fully saturated rings. The number of hydrogen-bond acceptors (Lipinski definition) is 2. The van der Waals surface area contributed by atoms with Crippen LogP contribution in [0.25, 0.3) is 10.9 Å². The summed E-state index contributed by atoms with van der Waals surface area (Å²) in [7, 11) is 0. The number of aromatic nitrogens is 1. The molecule has 0 amide bonds. The lowest BCUT2D eigenvalue weighted by Crippen LogP contribution is -2.08. The van der Waals surface area contributed by atoms with Gasteiger partial charge in [-0.25, -0.2) is 0 Å². The van der Waals surface area contributed by atoms with E-state index >= 15 is 0 Å². The third-order valence-corrected chi connectivity index (χ3v) is 2.99. The van der Waals surface area contributed by atoms with Crippen molar-refractivity contribution in [2.75, 3.05) is 6.61 Å². The van der Waals surface area contributed by atoms with Crippen molar-refractivity contribution in [2.24, 2.45) is 0 Å². The molecule has 0 saturated carbocycles. The Kier molecular flexibility index (Phi) is 3.38. The number of esters is 1. The normalized spacial score (nSPS) is 10.8. The number of aryl methyl sites for hydroxylation is 1. The van der Waals surface area contributed by atoms with Crippen LogP contribution in [-0.2, 0) is 16.0 Å². The Labute approximate surface area is 105 Å². The van der Waals surface area contributed by atoms with Crippen molar-refractivity contribution in [3.63, 3.8) is 0 Å². The number of carbonyl (C=O) groups excluding carboxylic acids is 1. The van der Waals surface area contributed by atoms with E-state index in [1.807, 2.05) is 25.1 Å². The average Bonchev–Trinajstić information content (AvgIpc) is 2.57. The molecule has 2 aromatic rings. The SMILES string of the molecule is CCOC(=O)Cc1[nH]c2ccc(Cl)cc2c1C. The first-order chi connectivity index (χ1) is 8.11. The summed E-state index contributed by atoms with van der Waals surface area (Å²) in [4.78, 5) is 14.7. The third-order valence-electron chi connectivity index (χ3n) is 2.75. The van der Waals surface area contributed by atoms with E-state index in [-0.39, 0.29) is 12.4 Å². The molecule has 0 aliphatic carbocycles. The minimum Gasteiger partial charge on any atom is -0.466 e. The quantitative estimate of drug-likeness (QED) is 0.851. The number of fused-ring (bicyclic) bond motifs is 1.